The number of hydrogen-bond donors (Lipinski definition) is 0. The zero-order valence-corrected chi connectivity index (χ0v) is 10.6. The summed E-state index contributed by atoms with van der Waals surface area (Å²) in [5, 5.41) is 2.80. The number of hydrogen-bond acceptors (Lipinski definition) is 0. The van der Waals surface area contributed by atoms with Gasteiger partial charge in [-0.1, -0.05) is 22.0 Å². The maximum Gasteiger partial charge on any atom is 0.0337 e. The second-order valence-corrected chi connectivity index (χ2v) is 5.38. The third-order valence-corrected chi connectivity index (χ3v) is 3.89. The Kier molecular flexibility index (Phi) is 1.96. The van der Waals surface area contributed by atoms with Gasteiger partial charge in [0, 0.05) is 32.7 Å². The highest BCUT2D eigenvalue weighted by molar-refractivity contribution is 9.10. The molecule has 15 heavy (non-hydrogen) atoms. The summed E-state index contributed by atoms with van der Waals surface area (Å²) in [6.07, 6.45) is 2.70. The molecule has 0 atom stereocenters. The molecule has 0 spiro atoms. The number of aryl methyl sites for hydroxylation is 2. The van der Waals surface area contributed by atoms with Gasteiger partial charge in [-0.2, -0.15) is 0 Å². The van der Waals surface area contributed by atoms with Crippen molar-refractivity contribution in [2.24, 2.45) is 0 Å². The van der Waals surface area contributed by atoms with E-state index in [1.165, 1.54) is 39.5 Å². The molecule has 1 aliphatic carbocycles. The maximum absolute atomic E-state index is 3.54. The van der Waals surface area contributed by atoms with Gasteiger partial charge < -0.3 is 4.57 Å². The van der Waals surface area contributed by atoms with E-state index in [4.69, 9.17) is 0 Å². The highest BCUT2D eigenvalue weighted by Gasteiger charge is 2.27. The zero-order chi connectivity index (χ0) is 10.6. The SMILES string of the molecule is Cc1c2ccc(Br)cc2c(C)n1C1CC1. The van der Waals surface area contributed by atoms with Crippen LogP contribution in [0.2, 0.25) is 0 Å². The normalized spacial score (nSPS) is 16.2. The first kappa shape index (κ1) is 9.46. The molecular formula is C13H14BrN. The first-order valence-electron chi connectivity index (χ1n) is 5.45. The molecule has 0 amide bonds. The number of rotatable bonds is 1. The number of fused-ring (bicyclic) bond motifs is 1. The fourth-order valence-electron chi connectivity index (χ4n) is 2.52. The lowest BCUT2D eigenvalue weighted by Crippen LogP contribution is -1.97. The van der Waals surface area contributed by atoms with E-state index in [1.807, 2.05) is 0 Å². The van der Waals surface area contributed by atoms with Gasteiger partial charge in [-0.25, -0.2) is 0 Å². The molecule has 0 unspecified atom stereocenters. The second kappa shape index (κ2) is 3.11. The van der Waals surface area contributed by atoms with Crippen LogP contribution in [0.3, 0.4) is 0 Å². The van der Waals surface area contributed by atoms with E-state index in [0.717, 1.165) is 6.04 Å². The number of halogens is 1. The first-order chi connectivity index (χ1) is 7.18. The average molecular weight is 264 g/mol. The van der Waals surface area contributed by atoms with Crippen LogP contribution in [0.15, 0.2) is 22.7 Å². The van der Waals surface area contributed by atoms with Crippen LogP contribution in [0.25, 0.3) is 10.8 Å². The standard InChI is InChI=1S/C13H14BrN/c1-8-12-6-3-10(14)7-13(12)9(2)15(8)11-4-5-11/h3,6-7,11H,4-5H2,1-2H3. The summed E-state index contributed by atoms with van der Waals surface area (Å²) >= 11 is 3.54. The molecule has 0 saturated heterocycles. The smallest absolute Gasteiger partial charge is 0.0337 e. The molecule has 1 aliphatic rings. The Balaban J connectivity index is 2.37. The molecule has 1 heterocycles. The van der Waals surface area contributed by atoms with Crippen LogP contribution in [0.5, 0.6) is 0 Å². The van der Waals surface area contributed by atoms with E-state index in [2.05, 4.69) is 52.5 Å². The summed E-state index contributed by atoms with van der Waals surface area (Å²) in [7, 11) is 0. The van der Waals surface area contributed by atoms with Crippen molar-refractivity contribution >= 4 is 26.7 Å². The highest BCUT2D eigenvalue weighted by atomic mass is 79.9. The van der Waals surface area contributed by atoms with Crippen LogP contribution in [-0.2, 0) is 0 Å². The van der Waals surface area contributed by atoms with E-state index in [9.17, 15) is 0 Å². The van der Waals surface area contributed by atoms with Crippen LogP contribution in [0, 0.1) is 13.8 Å². The summed E-state index contributed by atoms with van der Waals surface area (Å²) < 4.78 is 3.68. The summed E-state index contributed by atoms with van der Waals surface area (Å²) in [5.74, 6) is 0. The van der Waals surface area contributed by atoms with Gasteiger partial charge in [-0.3, -0.25) is 0 Å². The molecule has 1 aromatic heterocycles. The lowest BCUT2D eigenvalue weighted by molar-refractivity contribution is 0.704. The van der Waals surface area contributed by atoms with Crippen molar-refractivity contribution in [1.29, 1.82) is 0 Å². The summed E-state index contributed by atoms with van der Waals surface area (Å²) in [6, 6.07) is 7.36. The quantitative estimate of drug-likeness (QED) is 0.721. The Bertz CT molecular complexity index is 535. The number of aromatic nitrogens is 1. The molecule has 0 N–H and O–H groups in total. The van der Waals surface area contributed by atoms with Crippen molar-refractivity contribution in [3.05, 3.63) is 34.1 Å². The highest BCUT2D eigenvalue weighted by Crippen LogP contribution is 2.41. The zero-order valence-electron chi connectivity index (χ0n) is 9.05. The van der Waals surface area contributed by atoms with Crippen molar-refractivity contribution < 1.29 is 0 Å². The Labute approximate surface area is 98.2 Å². The molecule has 1 nitrogen and oxygen atoms in total. The molecular weight excluding hydrogens is 250 g/mol. The minimum Gasteiger partial charge on any atom is -0.345 e. The van der Waals surface area contributed by atoms with Gasteiger partial charge in [-0.05, 0) is 38.8 Å². The molecule has 2 heteroatoms. The molecule has 1 fully saturated rings. The van der Waals surface area contributed by atoms with Crippen molar-refractivity contribution in [3.63, 3.8) is 0 Å². The predicted octanol–water partition coefficient (Wildman–Crippen LogP) is 4.36. The molecule has 1 aromatic carbocycles. The van der Waals surface area contributed by atoms with E-state index < -0.39 is 0 Å². The van der Waals surface area contributed by atoms with Crippen LogP contribution in [0.1, 0.15) is 30.3 Å². The lowest BCUT2D eigenvalue weighted by atomic mass is 10.1. The monoisotopic (exact) mass is 263 g/mol. The van der Waals surface area contributed by atoms with Crippen molar-refractivity contribution in [1.82, 2.24) is 4.57 Å². The summed E-state index contributed by atoms with van der Waals surface area (Å²) in [6.45, 7) is 4.47. The third kappa shape index (κ3) is 1.35. The minimum absolute atomic E-state index is 0.774. The van der Waals surface area contributed by atoms with E-state index in [-0.39, 0.29) is 0 Å². The number of benzene rings is 1. The summed E-state index contributed by atoms with van der Waals surface area (Å²) in [5.41, 5.74) is 2.85. The predicted molar refractivity (Wildman–Crippen MR) is 67.4 cm³/mol. The minimum atomic E-state index is 0.774. The topological polar surface area (TPSA) is 4.93 Å². The van der Waals surface area contributed by atoms with Crippen LogP contribution in [0.4, 0.5) is 0 Å². The van der Waals surface area contributed by atoms with E-state index >= 15 is 0 Å². The average Bonchev–Trinajstić information content (AvgIpc) is 2.98. The molecule has 2 aromatic rings. The molecule has 0 bridgehead atoms. The van der Waals surface area contributed by atoms with Gasteiger partial charge in [0.15, 0.2) is 0 Å². The molecule has 0 aliphatic heterocycles. The fourth-order valence-corrected chi connectivity index (χ4v) is 2.88. The Morgan fingerprint density at radius 1 is 1.13 bits per heavy atom. The molecule has 0 radical (unpaired) electrons. The van der Waals surface area contributed by atoms with Crippen molar-refractivity contribution in [2.75, 3.05) is 0 Å². The van der Waals surface area contributed by atoms with E-state index in [1.54, 1.807) is 0 Å². The molecule has 3 rings (SSSR count). The van der Waals surface area contributed by atoms with Crippen LogP contribution >= 0.6 is 15.9 Å². The molecule has 78 valence electrons. The first-order valence-corrected chi connectivity index (χ1v) is 6.24. The lowest BCUT2D eigenvalue weighted by Gasteiger charge is -2.05. The number of nitrogens with zero attached hydrogens (tertiary/aromatic N) is 1. The van der Waals surface area contributed by atoms with Crippen LogP contribution in [-0.4, -0.2) is 4.57 Å². The Hall–Kier alpha value is -0.760. The van der Waals surface area contributed by atoms with Gasteiger partial charge in [0.1, 0.15) is 0 Å². The van der Waals surface area contributed by atoms with Gasteiger partial charge in [-0.15, -0.1) is 0 Å². The Morgan fingerprint density at radius 3 is 2.47 bits per heavy atom. The van der Waals surface area contributed by atoms with Crippen molar-refractivity contribution in [3.8, 4) is 0 Å². The van der Waals surface area contributed by atoms with Gasteiger partial charge in [0.25, 0.3) is 0 Å². The van der Waals surface area contributed by atoms with Gasteiger partial charge in [0.05, 0.1) is 0 Å². The van der Waals surface area contributed by atoms with Gasteiger partial charge in [0.2, 0.25) is 0 Å². The fraction of sp³-hybridized carbons (Fsp3) is 0.385. The molecule has 1 saturated carbocycles. The van der Waals surface area contributed by atoms with Gasteiger partial charge >= 0.3 is 0 Å². The largest absolute Gasteiger partial charge is 0.345 e. The maximum atomic E-state index is 3.54. The van der Waals surface area contributed by atoms with Crippen molar-refractivity contribution in [2.45, 2.75) is 32.7 Å². The second-order valence-electron chi connectivity index (χ2n) is 4.46. The summed E-state index contributed by atoms with van der Waals surface area (Å²) in [4.78, 5) is 0. The van der Waals surface area contributed by atoms with Crippen LogP contribution < -0.4 is 0 Å². The third-order valence-electron chi connectivity index (χ3n) is 3.40. The Morgan fingerprint density at radius 2 is 1.80 bits per heavy atom. The van der Waals surface area contributed by atoms with E-state index in [0.29, 0.717) is 0 Å².